The molecule has 1 aromatic carbocycles. The van der Waals surface area contributed by atoms with Gasteiger partial charge in [0.05, 0.1) is 5.69 Å². The number of phenols is 1. The Bertz CT molecular complexity index is 993. The molecule has 2 saturated heterocycles. The number of pyridine rings is 1. The fourth-order valence-electron chi connectivity index (χ4n) is 4.57. The lowest BCUT2D eigenvalue weighted by Gasteiger charge is -2.39. The molecule has 2 aliphatic heterocycles. The molecule has 28 heavy (non-hydrogen) atoms. The van der Waals surface area contributed by atoms with Gasteiger partial charge in [-0.1, -0.05) is 6.42 Å². The van der Waals surface area contributed by atoms with E-state index in [4.69, 9.17) is 4.74 Å². The van der Waals surface area contributed by atoms with Crippen LogP contribution >= 0.6 is 0 Å². The SMILES string of the molecule is Cc1nccc2cc(-c3ccc(O[C@@H]4C[C@H]5CCC[C@@H](C4)N5)nn3)c(O)cc12. The summed E-state index contributed by atoms with van der Waals surface area (Å²) in [5.41, 5.74) is 2.18. The molecule has 2 bridgehead atoms. The summed E-state index contributed by atoms with van der Waals surface area (Å²) in [4.78, 5) is 4.28. The first-order chi connectivity index (χ1) is 13.7. The standard InChI is InChI=1S/C22H24N4O2/c1-13-18-12-21(27)19(9-14(18)7-8-23-13)20-5-6-22(26-25-20)28-17-10-15-3-2-4-16(11-17)24-15/h5-9,12,15-17,24,27H,2-4,10-11H2,1H3/t15-,16+,17-. The maximum Gasteiger partial charge on any atom is 0.233 e. The number of phenolic OH excluding ortho intramolecular Hbond substituents is 1. The molecule has 0 amide bonds. The van der Waals surface area contributed by atoms with Crippen LogP contribution in [0.3, 0.4) is 0 Å². The Hall–Kier alpha value is -2.73. The zero-order chi connectivity index (χ0) is 19.1. The van der Waals surface area contributed by atoms with Crippen LogP contribution in [0, 0.1) is 6.92 Å². The van der Waals surface area contributed by atoms with Crippen LogP contribution in [-0.2, 0) is 0 Å². The molecule has 2 aliphatic rings. The Morgan fingerprint density at radius 1 is 1.07 bits per heavy atom. The van der Waals surface area contributed by atoms with Gasteiger partial charge in [-0.2, -0.15) is 0 Å². The Labute approximate surface area is 164 Å². The maximum atomic E-state index is 10.5. The number of nitrogens with zero attached hydrogens (tertiary/aromatic N) is 3. The van der Waals surface area contributed by atoms with Crippen LogP contribution in [0.5, 0.6) is 11.6 Å². The summed E-state index contributed by atoms with van der Waals surface area (Å²) >= 11 is 0. The molecule has 5 rings (SSSR count). The minimum Gasteiger partial charge on any atom is -0.507 e. The second kappa shape index (κ2) is 7.02. The van der Waals surface area contributed by atoms with Gasteiger partial charge in [-0.15, -0.1) is 10.2 Å². The lowest BCUT2D eigenvalue weighted by Crippen LogP contribution is -2.51. The van der Waals surface area contributed by atoms with Crippen molar-refractivity contribution in [1.82, 2.24) is 20.5 Å². The van der Waals surface area contributed by atoms with Gasteiger partial charge in [0.2, 0.25) is 5.88 Å². The van der Waals surface area contributed by atoms with E-state index in [1.54, 1.807) is 12.3 Å². The zero-order valence-corrected chi connectivity index (χ0v) is 15.9. The monoisotopic (exact) mass is 376 g/mol. The fraction of sp³-hybridized carbons (Fsp3) is 0.409. The van der Waals surface area contributed by atoms with E-state index in [9.17, 15) is 5.11 Å². The number of rotatable bonds is 3. The van der Waals surface area contributed by atoms with Crippen LogP contribution in [0.4, 0.5) is 0 Å². The van der Waals surface area contributed by atoms with E-state index in [1.165, 1.54) is 19.3 Å². The van der Waals surface area contributed by atoms with Crippen LogP contribution in [0.2, 0.25) is 0 Å². The summed E-state index contributed by atoms with van der Waals surface area (Å²) in [6.07, 6.45) is 7.80. The Morgan fingerprint density at radius 3 is 2.64 bits per heavy atom. The van der Waals surface area contributed by atoms with Gasteiger partial charge in [0.1, 0.15) is 11.9 Å². The van der Waals surface area contributed by atoms with Crippen molar-refractivity contribution in [2.75, 3.05) is 0 Å². The van der Waals surface area contributed by atoms with Crippen LogP contribution in [0.1, 0.15) is 37.8 Å². The molecule has 0 unspecified atom stereocenters. The predicted octanol–water partition coefficient (Wildman–Crippen LogP) is 3.76. The third kappa shape index (κ3) is 3.29. The van der Waals surface area contributed by atoms with Crippen molar-refractivity contribution < 1.29 is 9.84 Å². The Kier molecular flexibility index (Phi) is 4.36. The second-order valence-electron chi connectivity index (χ2n) is 7.95. The average molecular weight is 376 g/mol. The first kappa shape index (κ1) is 17.4. The van der Waals surface area contributed by atoms with Crippen LogP contribution in [0.15, 0.2) is 36.5 Å². The number of fused-ring (bicyclic) bond motifs is 3. The van der Waals surface area contributed by atoms with E-state index in [2.05, 4.69) is 20.5 Å². The lowest BCUT2D eigenvalue weighted by molar-refractivity contribution is 0.0881. The smallest absolute Gasteiger partial charge is 0.233 e. The molecule has 2 N–H and O–H groups in total. The number of piperidine rings is 2. The molecule has 4 heterocycles. The number of hydrogen-bond acceptors (Lipinski definition) is 6. The molecule has 0 saturated carbocycles. The quantitative estimate of drug-likeness (QED) is 0.725. The van der Waals surface area contributed by atoms with Gasteiger partial charge in [0.15, 0.2) is 0 Å². The zero-order valence-electron chi connectivity index (χ0n) is 15.9. The van der Waals surface area contributed by atoms with Crippen LogP contribution < -0.4 is 10.1 Å². The van der Waals surface area contributed by atoms with Crippen molar-refractivity contribution in [3.8, 4) is 22.9 Å². The molecular weight excluding hydrogens is 352 g/mol. The second-order valence-corrected chi connectivity index (χ2v) is 7.95. The van der Waals surface area contributed by atoms with Crippen molar-refractivity contribution in [3.05, 3.63) is 42.2 Å². The number of aryl methyl sites for hydroxylation is 1. The van der Waals surface area contributed by atoms with Gasteiger partial charge < -0.3 is 15.2 Å². The molecule has 6 nitrogen and oxygen atoms in total. The average Bonchev–Trinajstić information content (AvgIpc) is 2.69. The van der Waals surface area contributed by atoms with Crippen LogP contribution in [-0.4, -0.2) is 38.5 Å². The summed E-state index contributed by atoms with van der Waals surface area (Å²) in [5.74, 6) is 0.729. The van der Waals surface area contributed by atoms with Gasteiger partial charge in [-0.3, -0.25) is 4.98 Å². The summed E-state index contributed by atoms with van der Waals surface area (Å²) in [6.45, 7) is 1.93. The van der Waals surface area contributed by atoms with Crippen molar-refractivity contribution in [2.45, 2.75) is 57.2 Å². The molecule has 3 aromatic rings. The van der Waals surface area contributed by atoms with Crippen LogP contribution in [0.25, 0.3) is 22.0 Å². The van der Waals surface area contributed by atoms with E-state index < -0.39 is 0 Å². The number of aromatic nitrogens is 3. The van der Waals surface area contributed by atoms with Crippen molar-refractivity contribution in [1.29, 1.82) is 0 Å². The molecule has 0 spiro atoms. The maximum absolute atomic E-state index is 10.5. The highest BCUT2D eigenvalue weighted by molar-refractivity contribution is 5.91. The molecule has 0 radical (unpaired) electrons. The Balaban J connectivity index is 1.36. The van der Waals surface area contributed by atoms with Gasteiger partial charge in [0, 0.05) is 41.0 Å². The van der Waals surface area contributed by atoms with E-state index >= 15 is 0 Å². The first-order valence-corrected chi connectivity index (χ1v) is 10.0. The highest BCUT2D eigenvalue weighted by atomic mass is 16.5. The number of hydrogen-bond donors (Lipinski definition) is 2. The molecular formula is C22H24N4O2. The lowest BCUT2D eigenvalue weighted by atomic mass is 9.85. The minimum atomic E-state index is 0.178. The molecule has 2 fully saturated rings. The third-order valence-electron chi connectivity index (χ3n) is 5.95. The van der Waals surface area contributed by atoms with E-state index in [-0.39, 0.29) is 11.9 Å². The fourth-order valence-corrected chi connectivity index (χ4v) is 4.57. The number of benzene rings is 1. The van der Waals surface area contributed by atoms with E-state index in [1.807, 2.05) is 31.2 Å². The third-order valence-corrected chi connectivity index (χ3v) is 5.95. The van der Waals surface area contributed by atoms with Crippen molar-refractivity contribution in [3.63, 3.8) is 0 Å². The summed E-state index contributed by atoms with van der Waals surface area (Å²) in [5, 5.41) is 24.7. The molecule has 2 aromatic heterocycles. The largest absolute Gasteiger partial charge is 0.507 e. The van der Waals surface area contributed by atoms with Crippen molar-refractivity contribution >= 4 is 10.8 Å². The highest BCUT2D eigenvalue weighted by Gasteiger charge is 2.32. The Morgan fingerprint density at radius 2 is 1.89 bits per heavy atom. The predicted molar refractivity (Wildman–Crippen MR) is 107 cm³/mol. The highest BCUT2D eigenvalue weighted by Crippen LogP contribution is 2.33. The summed E-state index contributed by atoms with van der Waals surface area (Å²) in [7, 11) is 0. The number of ether oxygens (including phenoxy) is 1. The minimum absolute atomic E-state index is 0.178. The normalized spacial score (nSPS) is 24.2. The topological polar surface area (TPSA) is 80.2 Å². The van der Waals surface area contributed by atoms with Gasteiger partial charge in [-0.25, -0.2) is 0 Å². The number of nitrogens with one attached hydrogen (secondary N) is 1. The first-order valence-electron chi connectivity index (χ1n) is 10.0. The van der Waals surface area contributed by atoms with E-state index in [0.29, 0.717) is 29.2 Å². The summed E-state index contributed by atoms with van der Waals surface area (Å²) in [6, 6.07) is 10.4. The molecule has 6 heteroatoms. The van der Waals surface area contributed by atoms with Crippen molar-refractivity contribution in [2.24, 2.45) is 0 Å². The van der Waals surface area contributed by atoms with Gasteiger partial charge in [0.25, 0.3) is 0 Å². The molecule has 3 atom stereocenters. The number of aromatic hydroxyl groups is 1. The molecule has 0 aliphatic carbocycles. The van der Waals surface area contributed by atoms with E-state index in [0.717, 1.165) is 29.3 Å². The molecule has 144 valence electrons. The van der Waals surface area contributed by atoms with Gasteiger partial charge in [-0.05, 0) is 62.3 Å². The summed E-state index contributed by atoms with van der Waals surface area (Å²) < 4.78 is 6.11. The van der Waals surface area contributed by atoms with Gasteiger partial charge >= 0.3 is 0 Å².